The van der Waals surface area contributed by atoms with Gasteiger partial charge >= 0.3 is 5.97 Å². The van der Waals surface area contributed by atoms with Crippen LogP contribution in [0.5, 0.6) is 11.5 Å². The van der Waals surface area contributed by atoms with E-state index in [2.05, 4.69) is 12.2 Å². The summed E-state index contributed by atoms with van der Waals surface area (Å²) >= 11 is 6.17. The van der Waals surface area contributed by atoms with Crippen LogP contribution in [0.3, 0.4) is 0 Å². The number of nitrogens with one attached hydrogen (secondary N) is 1. The molecule has 0 heterocycles. The summed E-state index contributed by atoms with van der Waals surface area (Å²) in [6.07, 6.45) is 0.956. The summed E-state index contributed by atoms with van der Waals surface area (Å²) in [6.45, 7) is 5.78. The van der Waals surface area contributed by atoms with Crippen molar-refractivity contribution < 1.29 is 23.8 Å². The molecule has 0 saturated heterocycles. The first-order valence-corrected chi connectivity index (χ1v) is 9.83. The van der Waals surface area contributed by atoms with Crippen molar-refractivity contribution >= 4 is 23.5 Å². The van der Waals surface area contributed by atoms with E-state index in [0.29, 0.717) is 18.1 Å². The van der Waals surface area contributed by atoms with E-state index in [0.717, 1.165) is 12.0 Å². The number of hydrogen-bond acceptors (Lipinski definition) is 5. The smallest absolute Gasteiger partial charge is 0.338 e. The number of rotatable bonds is 9. The number of methoxy groups -OCH3 is 1. The summed E-state index contributed by atoms with van der Waals surface area (Å²) in [5.41, 5.74) is 2.38. The standard InChI is InChI=1S/C22H26ClNO5/c1-5-15-7-9-16(10-8-15)14(3)24-20(25)13-29-22(26)17-11-18(23)21(28-6-2)19(12-17)27-4/h7-12,14H,5-6,13H2,1-4H3,(H,24,25)/t14-/m0/s1. The highest BCUT2D eigenvalue weighted by Gasteiger charge is 2.18. The highest BCUT2D eigenvalue weighted by atomic mass is 35.5. The Hall–Kier alpha value is -2.73. The molecule has 0 fully saturated rings. The predicted molar refractivity (Wildman–Crippen MR) is 112 cm³/mol. The summed E-state index contributed by atoms with van der Waals surface area (Å²) in [4.78, 5) is 24.5. The van der Waals surface area contributed by atoms with Gasteiger partial charge in [-0.25, -0.2) is 4.79 Å². The molecule has 2 rings (SSSR count). The lowest BCUT2D eigenvalue weighted by molar-refractivity contribution is -0.124. The maximum atomic E-state index is 12.3. The molecule has 2 aromatic rings. The van der Waals surface area contributed by atoms with E-state index in [1.165, 1.54) is 24.8 Å². The second-order valence-corrected chi connectivity index (χ2v) is 6.79. The van der Waals surface area contributed by atoms with Gasteiger partial charge in [-0.3, -0.25) is 4.79 Å². The number of carbonyl (C=O) groups is 2. The van der Waals surface area contributed by atoms with Gasteiger partial charge in [0.2, 0.25) is 0 Å². The Morgan fingerprint density at radius 1 is 1.14 bits per heavy atom. The van der Waals surface area contributed by atoms with Crippen LogP contribution in [-0.2, 0) is 16.0 Å². The monoisotopic (exact) mass is 419 g/mol. The molecule has 0 bridgehead atoms. The second-order valence-electron chi connectivity index (χ2n) is 6.38. The fourth-order valence-electron chi connectivity index (χ4n) is 2.75. The van der Waals surface area contributed by atoms with E-state index in [1.54, 1.807) is 0 Å². The first kappa shape index (κ1) is 22.6. The molecule has 1 N–H and O–H groups in total. The Morgan fingerprint density at radius 3 is 2.41 bits per heavy atom. The predicted octanol–water partition coefficient (Wildman–Crippen LogP) is 4.34. The molecule has 0 spiro atoms. The number of ether oxygens (including phenoxy) is 3. The summed E-state index contributed by atoms with van der Waals surface area (Å²) in [7, 11) is 1.45. The molecule has 2 aromatic carbocycles. The number of hydrogen-bond donors (Lipinski definition) is 1. The highest BCUT2D eigenvalue weighted by Crippen LogP contribution is 2.36. The number of esters is 1. The third-order valence-corrected chi connectivity index (χ3v) is 4.63. The molecular formula is C22H26ClNO5. The summed E-state index contributed by atoms with van der Waals surface area (Å²) < 4.78 is 15.7. The Balaban J connectivity index is 1.95. The first-order chi connectivity index (χ1) is 13.9. The molecule has 0 aliphatic heterocycles. The van der Waals surface area contributed by atoms with Gasteiger partial charge in [0.15, 0.2) is 18.1 Å². The van der Waals surface area contributed by atoms with Crippen LogP contribution in [0.4, 0.5) is 0 Å². The molecule has 0 aliphatic rings. The van der Waals surface area contributed by atoms with E-state index < -0.39 is 18.5 Å². The summed E-state index contributed by atoms with van der Waals surface area (Å²) in [5.74, 6) is -0.397. The van der Waals surface area contributed by atoms with Crippen molar-refractivity contribution in [2.24, 2.45) is 0 Å². The van der Waals surface area contributed by atoms with Gasteiger partial charge in [-0.1, -0.05) is 42.8 Å². The van der Waals surface area contributed by atoms with E-state index in [-0.39, 0.29) is 16.6 Å². The van der Waals surface area contributed by atoms with Gasteiger partial charge in [-0.2, -0.15) is 0 Å². The zero-order valence-corrected chi connectivity index (χ0v) is 17.8. The molecule has 7 heteroatoms. The van der Waals surface area contributed by atoms with Gasteiger partial charge in [0, 0.05) is 0 Å². The zero-order chi connectivity index (χ0) is 21.4. The quantitative estimate of drug-likeness (QED) is 0.612. The maximum Gasteiger partial charge on any atom is 0.338 e. The fraction of sp³-hybridized carbons (Fsp3) is 0.364. The van der Waals surface area contributed by atoms with Crippen molar-refractivity contribution in [1.82, 2.24) is 5.32 Å². The third-order valence-electron chi connectivity index (χ3n) is 4.35. The van der Waals surface area contributed by atoms with Crippen molar-refractivity contribution in [3.63, 3.8) is 0 Å². The average molecular weight is 420 g/mol. The number of carbonyl (C=O) groups excluding carboxylic acids is 2. The third kappa shape index (κ3) is 6.12. The molecule has 0 aliphatic carbocycles. The molecule has 0 unspecified atom stereocenters. The van der Waals surface area contributed by atoms with Crippen molar-refractivity contribution in [3.05, 3.63) is 58.1 Å². The number of amides is 1. The van der Waals surface area contributed by atoms with Crippen molar-refractivity contribution in [2.45, 2.75) is 33.2 Å². The van der Waals surface area contributed by atoms with Crippen LogP contribution in [0.2, 0.25) is 5.02 Å². The molecule has 0 radical (unpaired) electrons. The zero-order valence-electron chi connectivity index (χ0n) is 17.1. The highest BCUT2D eigenvalue weighted by molar-refractivity contribution is 6.32. The van der Waals surface area contributed by atoms with Crippen LogP contribution in [0.15, 0.2) is 36.4 Å². The van der Waals surface area contributed by atoms with Gasteiger partial charge in [-0.05, 0) is 43.5 Å². The summed E-state index contributed by atoms with van der Waals surface area (Å²) in [6, 6.07) is 10.7. The van der Waals surface area contributed by atoms with Crippen molar-refractivity contribution in [1.29, 1.82) is 0 Å². The fourth-order valence-corrected chi connectivity index (χ4v) is 3.01. The number of benzene rings is 2. The molecule has 1 amide bonds. The van der Waals surface area contributed by atoms with E-state index >= 15 is 0 Å². The Bertz CT molecular complexity index is 851. The number of halogens is 1. The van der Waals surface area contributed by atoms with E-state index in [4.69, 9.17) is 25.8 Å². The van der Waals surface area contributed by atoms with Gasteiger partial charge < -0.3 is 19.5 Å². The maximum absolute atomic E-state index is 12.3. The molecule has 0 saturated carbocycles. The van der Waals surface area contributed by atoms with Gasteiger partial charge in [0.05, 0.1) is 30.3 Å². The average Bonchev–Trinajstić information content (AvgIpc) is 2.73. The van der Waals surface area contributed by atoms with Gasteiger partial charge in [0.1, 0.15) is 0 Å². The summed E-state index contributed by atoms with van der Waals surface area (Å²) in [5, 5.41) is 3.04. The Labute approximate surface area is 176 Å². The van der Waals surface area contributed by atoms with E-state index in [9.17, 15) is 9.59 Å². The molecule has 29 heavy (non-hydrogen) atoms. The topological polar surface area (TPSA) is 73.9 Å². The van der Waals surface area contributed by atoms with Crippen LogP contribution < -0.4 is 14.8 Å². The first-order valence-electron chi connectivity index (χ1n) is 9.45. The van der Waals surface area contributed by atoms with Gasteiger partial charge in [0.25, 0.3) is 5.91 Å². The van der Waals surface area contributed by atoms with Crippen molar-refractivity contribution in [2.75, 3.05) is 20.3 Å². The SMILES string of the molecule is CCOc1c(Cl)cc(C(=O)OCC(=O)N[C@@H](C)c2ccc(CC)cc2)cc1OC. The van der Waals surface area contributed by atoms with Crippen molar-refractivity contribution in [3.8, 4) is 11.5 Å². The minimum absolute atomic E-state index is 0.173. The molecular weight excluding hydrogens is 394 g/mol. The van der Waals surface area contributed by atoms with Gasteiger partial charge in [-0.15, -0.1) is 0 Å². The molecule has 1 atom stereocenters. The minimum atomic E-state index is -0.677. The number of aryl methyl sites for hydroxylation is 1. The lowest BCUT2D eigenvalue weighted by atomic mass is 10.1. The van der Waals surface area contributed by atoms with Crippen LogP contribution in [0.25, 0.3) is 0 Å². The van der Waals surface area contributed by atoms with Crippen LogP contribution in [0.1, 0.15) is 48.3 Å². The molecule has 6 nitrogen and oxygen atoms in total. The second kappa shape index (κ2) is 10.7. The normalized spacial score (nSPS) is 11.5. The van der Waals surface area contributed by atoms with Crippen LogP contribution in [-0.4, -0.2) is 32.2 Å². The van der Waals surface area contributed by atoms with Crippen LogP contribution >= 0.6 is 11.6 Å². The lowest BCUT2D eigenvalue weighted by Crippen LogP contribution is -2.31. The minimum Gasteiger partial charge on any atom is -0.493 e. The molecule has 0 aromatic heterocycles. The largest absolute Gasteiger partial charge is 0.493 e. The lowest BCUT2D eigenvalue weighted by Gasteiger charge is -2.15. The van der Waals surface area contributed by atoms with E-state index in [1.807, 2.05) is 38.1 Å². The molecule has 156 valence electrons. The Morgan fingerprint density at radius 2 is 1.83 bits per heavy atom. The Kier molecular flexibility index (Phi) is 8.34. The van der Waals surface area contributed by atoms with Crippen LogP contribution in [0, 0.1) is 0 Å².